The third-order valence-electron chi connectivity index (χ3n) is 2.14. The van der Waals surface area contributed by atoms with Gasteiger partial charge in [0.05, 0.1) is 5.69 Å². The minimum absolute atomic E-state index is 0.639. The van der Waals surface area contributed by atoms with Crippen LogP contribution in [0.3, 0.4) is 0 Å². The van der Waals surface area contributed by atoms with Crippen molar-refractivity contribution in [1.29, 1.82) is 0 Å². The molecule has 1 aromatic carbocycles. The van der Waals surface area contributed by atoms with Gasteiger partial charge in [0.15, 0.2) is 0 Å². The first kappa shape index (κ1) is 11.8. The molecule has 0 heterocycles. The van der Waals surface area contributed by atoms with Gasteiger partial charge in [-0.25, -0.2) is 8.42 Å². The average Bonchev–Trinajstić information content (AvgIpc) is 2.11. The highest BCUT2D eigenvalue weighted by molar-refractivity contribution is 7.95. The molecule has 0 spiro atoms. The van der Waals surface area contributed by atoms with Crippen LogP contribution in [0, 0.1) is 20.8 Å². The average molecular weight is 225 g/mol. The van der Waals surface area contributed by atoms with Gasteiger partial charge in [0.25, 0.3) is 10.0 Å². The van der Waals surface area contributed by atoms with Gasteiger partial charge in [-0.15, -0.1) is 0 Å². The fourth-order valence-electron chi connectivity index (χ4n) is 1.52. The van der Waals surface area contributed by atoms with Gasteiger partial charge in [0.2, 0.25) is 0 Å². The molecular weight excluding hydrogens is 210 g/mol. The first-order chi connectivity index (χ1) is 6.85. The lowest BCUT2D eigenvalue weighted by molar-refractivity contribution is 0.609. The zero-order valence-corrected chi connectivity index (χ0v) is 9.98. The molecule has 3 nitrogen and oxygen atoms in total. The smallest absolute Gasteiger partial charge is 0.254 e. The molecule has 0 atom stereocenters. The van der Waals surface area contributed by atoms with E-state index in [9.17, 15) is 8.42 Å². The molecule has 0 amide bonds. The van der Waals surface area contributed by atoms with E-state index < -0.39 is 10.0 Å². The molecule has 0 unspecified atom stereocenters. The predicted molar refractivity (Wildman–Crippen MR) is 63.4 cm³/mol. The lowest BCUT2D eigenvalue weighted by Gasteiger charge is -2.12. The highest BCUT2D eigenvalue weighted by Crippen LogP contribution is 2.23. The van der Waals surface area contributed by atoms with Gasteiger partial charge in [-0.2, -0.15) is 0 Å². The Morgan fingerprint density at radius 3 is 2.07 bits per heavy atom. The van der Waals surface area contributed by atoms with Crippen molar-refractivity contribution in [1.82, 2.24) is 0 Å². The molecule has 4 heteroatoms. The van der Waals surface area contributed by atoms with E-state index in [0.29, 0.717) is 5.69 Å². The van der Waals surface area contributed by atoms with Crippen molar-refractivity contribution < 1.29 is 8.42 Å². The van der Waals surface area contributed by atoms with E-state index in [1.54, 1.807) is 0 Å². The normalized spacial score (nSPS) is 11.1. The highest BCUT2D eigenvalue weighted by Gasteiger charge is 2.09. The van der Waals surface area contributed by atoms with Crippen LogP contribution in [0.4, 0.5) is 5.69 Å². The molecular formula is C11H15NO2S. The molecule has 0 fully saturated rings. The molecule has 0 saturated heterocycles. The Bertz CT molecular complexity index is 466. The standard InChI is InChI=1S/C11H15NO2S/c1-5-15(13,14)12-11-9(3)6-8(2)7-10(11)4/h5-7,12H,1H2,2-4H3. The molecule has 0 radical (unpaired) electrons. The monoisotopic (exact) mass is 225 g/mol. The van der Waals surface area contributed by atoms with E-state index in [2.05, 4.69) is 11.3 Å². The van der Waals surface area contributed by atoms with E-state index in [4.69, 9.17) is 0 Å². The molecule has 0 aromatic heterocycles. The van der Waals surface area contributed by atoms with Gasteiger partial charge in [-0.1, -0.05) is 24.3 Å². The molecule has 0 bridgehead atoms. The molecule has 82 valence electrons. The maximum Gasteiger partial charge on any atom is 0.254 e. The number of hydrogen-bond donors (Lipinski definition) is 1. The maximum atomic E-state index is 11.3. The van der Waals surface area contributed by atoms with Gasteiger partial charge < -0.3 is 0 Å². The molecule has 0 aliphatic rings. The van der Waals surface area contributed by atoms with Crippen LogP contribution in [0.15, 0.2) is 24.1 Å². The maximum absolute atomic E-state index is 11.3. The quantitative estimate of drug-likeness (QED) is 0.859. The molecule has 1 aromatic rings. The Morgan fingerprint density at radius 2 is 1.67 bits per heavy atom. The Morgan fingerprint density at radius 1 is 1.20 bits per heavy atom. The Labute approximate surface area is 90.9 Å². The summed E-state index contributed by atoms with van der Waals surface area (Å²) in [6.45, 7) is 8.98. The summed E-state index contributed by atoms with van der Waals surface area (Å²) >= 11 is 0. The zero-order chi connectivity index (χ0) is 11.6. The molecule has 0 aliphatic carbocycles. The largest absolute Gasteiger partial charge is 0.280 e. The van der Waals surface area contributed by atoms with Crippen molar-refractivity contribution in [2.24, 2.45) is 0 Å². The van der Waals surface area contributed by atoms with Gasteiger partial charge >= 0.3 is 0 Å². The van der Waals surface area contributed by atoms with Gasteiger partial charge in [-0.05, 0) is 31.9 Å². The van der Waals surface area contributed by atoms with Crippen LogP contribution in [0.1, 0.15) is 16.7 Å². The SMILES string of the molecule is C=CS(=O)(=O)Nc1c(C)cc(C)cc1C. The van der Waals surface area contributed by atoms with Crippen LogP contribution in [0.25, 0.3) is 0 Å². The topological polar surface area (TPSA) is 46.2 Å². The van der Waals surface area contributed by atoms with Crippen molar-refractivity contribution in [3.8, 4) is 0 Å². The third kappa shape index (κ3) is 2.83. The predicted octanol–water partition coefficient (Wildman–Crippen LogP) is 2.50. The number of anilines is 1. The number of hydrogen-bond acceptors (Lipinski definition) is 2. The summed E-state index contributed by atoms with van der Waals surface area (Å²) in [5.74, 6) is 0. The molecule has 15 heavy (non-hydrogen) atoms. The number of rotatable bonds is 3. The molecule has 0 aliphatic heterocycles. The Hall–Kier alpha value is -1.29. The third-order valence-corrected chi connectivity index (χ3v) is 3.07. The van der Waals surface area contributed by atoms with Crippen LogP contribution < -0.4 is 4.72 Å². The second kappa shape index (κ2) is 4.06. The van der Waals surface area contributed by atoms with E-state index in [1.165, 1.54) is 0 Å². The lowest BCUT2D eigenvalue weighted by atomic mass is 10.1. The molecule has 0 saturated carbocycles. The molecule has 1 N–H and O–H groups in total. The van der Waals surface area contributed by atoms with Crippen LogP contribution in [-0.4, -0.2) is 8.42 Å². The van der Waals surface area contributed by atoms with Crippen LogP contribution in [0.5, 0.6) is 0 Å². The second-order valence-electron chi connectivity index (χ2n) is 3.59. The summed E-state index contributed by atoms with van der Waals surface area (Å²) in [5.41, 5.74) is 3.59. The lowest BCUT2D eigenvalue weighted by Crippen LogP contribution is -2.10. The van der Waals surface area contributed by atoms with E-state index in [1.807, 2.05) is 32.9 Å². The summed E-state index contributed by atoms with van der Waals surface area (Å²) < 4.78 is 25.1. The first-order valence-electron chi connectivity index (χ1n) is 4.59. The Kier molecular flexibility index (Phi) is 3.19. The van der Waals surface area contributed by atoms with Gasteiger partial charge in [0.1, 0.15) is 0 Å². The van der Waals surface area contributed by atoms with Gasteiger partial charge in [0, 0.05) is 5.41 Å². The number of aryl methyl sites for hydroxylation is 3. The summed E-state index contributed by atoms with van der Waals surface area (Å²) in [5, 5.41) is 0.908. The van der Waals surface area contributed by atoms with Crippen LogP contribution in [-0.2, 0) is 10.0 Å². The van der Waals surface area contributed by atoms with Crippen molar-refractivity contribution in [3.05, 3.63) is 40.8 Å². The van der Waals surface area contributed by atoms with Crippen molar-refractivity contribution in [3.63, 3.8) is 0 Å². The van der Waals surface area contributed by atoms with Crippen molar-refractivity contribution in [2.45, 2.75) is 20.8 Å². The van der Waals surface area contributed by atoms with E-state index in [0.717, 1.165) is 22.1 Å². The van der Waals surface area contributed by atoms with Crippen LogP contribution in [0.2, 0.25) is 0 Å². The summed E-state index contributed by atoms with van der Waals surface area (Å²) in [7, 11) is -3.42. The van der Waals surface area contributed by atoms with Crippen LogP contribution >= 0.6 is 0 Å². The number of benzene rings is 1. The van der Waals surface area contributed by atoms with E-state index in [-0.39, 0.29) is 0 Å². The van der Waals surface area contributed by atoms with Gasteiger partial charge in [-0.3, -0.25) is 4.72 Å². The minimum Gasteiger partial charge on any atom is -0.280 e. The summed E-state index contributed by atoms with van der Waals surface area (Å²) in [6.07, 6.45) is 0. The zero-order valence-electron chi connectivity index (χ0n) is 9.16. The van der Waals surface area contributed by atoms with Crippen molar-refractivity contribution >= 4 is 15.7 Å². The number of sulfonamides is 1. The fourth-order valence-corrected chi connectivity index (χ4v) is 2.21. The Balaban J connectivity index is 3.22. The fraction of sp³-hybridized carbons (Fsp3) is 0.273. The summed E-state index contributed by atoms with van der Waals surface area (Å²) in [6, 6.07) is 3.88. The molecule has 1 rings (SSSR count). The minimum atomic E-state index is -3.42. The first-order valence-corrected chi connectivity index (χ1v) is 6.13. The number of nitrogens with one attached hydrogen (secondary N) is 1. The van der Waals surface area contributed by atoms with Crippen molar-refractivity contribution in [2.75, 3.05) is 4.72 Å². The second-order valence-corrected chi connectivity index (χ2v) is 5.21. The highest BCUT2D eigenvalue weighted by atomic mass is 32.2. The summed E-state index contributed by atoms with van der Waals surface area (Å²) in [4.78, 5) is 0. The van der Waals surface area contributed by atoms with E-state index >= 15 is 0 Å².